The molecule has 0 saturated carbocycles. The molecule has 1 heterocycles. The molecule has 1 aliphatic heterocycles. The summed E-state index contributed by atoms with van der Waals surface area (Å²) in [5, 5.41) is 10.8. The van der Waals surface area contributed by atoms with Crippen molar-refractivity contribution in [2.45, 2.75) is 137 Å². The van der Waals surface area contributed by atoms with Crippen molar-refractivity contribution in [1.82, 2.24) is 0 Å². The Morgan fingerprint density at radius 2 is 0.796 bits per heavy atom. The number of hydrogen-bond donors (Lipinski definition) is 0. The SMILES string of the molecule is C1CCOC1.CC(C)c1cccc(C(C)C)c1[N-]C([N-]c1c(C(C)C)cccc1C(C)C)c1ccccc1.[CH2-][Si](C)(C)C.[CH2-][Si](C)(C)C.[Sc]. The van der Waals surface area contributed by atoms with Crippen LogP contribution < -0.4 is 0 Å². The van der Waals surface area contributed by atoms with Crippen molar-refractivity contribution in [2.24, 2.45) is 0 Å². The zero-order valence-corrected chi connectivity index (χ0v) is 37.7. The monoisotopic (exact) mass is 731 g/mol. The Morgan fingerprint density at radius 3 is 1.02 bits per heavy atom. The number of ether oxygens (including phenoxy) is 1. The fourth-order valence-electron chi connectivity index (χ4n) is 4.88. The topological polar surface area (TPSA) is 37.4 Å². The van der Waals surface area contributed by atoms with E-state index in [2.05, 4.69) is 174 Å². The van der Waals surface area contributed by atoms with Gasteiger partial charge in [0.15, 0.2) is 0 Å². The molecule has 3 nitrogen and oxygen atoms in total. The first-order valence-electron chi connectivity index (χ1n) is 18.2. The van der Waals surface area contributed by atoms with Gasteiger partial charge in [-0.15, -0.1) is 27.5 Å². The van der Waals surface area contributed by atoms with Gasteiger partial charge in [0.25, 0.3) is 0 Å². The molecule has 1 aliphatic rings. The van der Waals surface area contributed by atoms with Gasteiger partial charge in [0.1, 0.15) is 0 Å². The second kappa shape index (κ2) is 23.2. The molecule has 3 aromatic rings. The largest absolute Gasteiger partial charge is 0.693 e. The Bertz CT molecular complexity index is 1160. The van der Waals surface area contributed by atoms with E-state index >= 15 is 0 Å². The molecule has 3 aromatic carbocycles. The minimum absolute atomic E-state index is 0. The molecule has 1 fully saturated rings. The van der Waals surface area contributed by atoms with Crippen LogP contribution in [0.2, 0.25) is 39.3 Å². The molecule has 1 saturated heterocycles. The first kappa shape index (κ1) is 47.5. The first-order chi connectivity index (χ1) is 22.2. The standard InChI is InChI=1S/C31H40N2.C4H8O.2C4H11Si.Sc/c1-20(2)25-16-12-17-26(21(3)4)29(25)32-31(24-14-10-9-11-15-24)33-30-27(22(5)6)18-13-19-28(30)23(7)8;1-2-4-5-3-1;2*1-5(2,3)4;/h9-23,31H,1-8H3;1-4H2;2*1H2,2-4H3;/q-2;;2*-1;. The van der Waals surface area contributed by atoms with Crippen LogP contribution >= 0.6 is 0 Å². The molecule has 0 bridgehead atoms. The molecule has 4 rings (SSSR count). The van der Waals surface area contributed by atoms with Crippen LogP contribution in [0.1, 0.15) is 126 Å². The fourth-order valence-corrected chi connectivity index (χ4v) is 4.88. The summed E-state index contributed by atoms with van der Waals surface area (Å²) >= 11 is 0. The molecule has 273 valence electrons. The summed E-state index contributed by atoms with van der Waals surface area (Å²) in [6.07, 6.45) is 2.26. The van der Waals surface area contributed by atoms with E-state index in [-0.39, 0.29) is 32.0 Å². The van der Waals surface area contributed by atoms with Crippen molar-refractivity contribution in [2.75, 3.05) is 13.2 Å². The zero-order valence-electron chi connectivity index (χ0n) is 33.9. The summed E-state index contributed by atoms with van der Waals surface area (Å²) in [6.45, 7) is 41.1. The van der Waals surface area contributed by atoms with Gasteiger partial charge in [-0.25, -0.2) is 0 Å². The Morgan fingerprint density at radius 1 is 0.510 bits per heavy atom. The van der Waals surface area contributed by atoms with Gasteiger partial charge < -0.3 is 28.5 Å². The molecular weight excluding hydrogens is 662 g/mol. The van der Waals surface area contributed by atoms with E-state index in [1.54, 1.807) is 0 Å². The quantitative estimate of drug-likeness (QED) is 0.159. The number of nitrogens with zero attached hydrogens (tertiary/aromatic N) is 2. The third kappa shape index (κ3) is 20.2. The summed E-state index contributed by atoms with van der Waals surface area (Å²) in [5.41, 5.74) is 8.50. The van der Waals surface area contributed by atoms with Crippen molar-refractivity contribution >= 4 is 27.5 Å². The minimum Gasteiger partial charge on any atom is -0.693 e. The molecule has 49 heavy (non-hydrogen) atoms. The maximum atomic E-state index is 5.40. The van der Waals surface area contributed by atoms with E-state index in [1.165, 1.54) is 35.1 Å². The van der Waals surface area contributed by atoms with Crippen LogP contribution in [0.3, 0.4) is 0 Å². The summed E-state index contributed by atoms with van der Waals surface area (Å²) in [4.78, 5) is 0. The summed E-state index contributed by atoms with van der Waals surface area (Å²) in [7, 11) is -1.72. The Balaban J connectivity index is 0.00000119. The molecule has 0 spiro atoms. The molecule has 0 atom stereocenters. The van der Waals surface area contributed by atoms with Gasteiger partial charge in [0.05, 0.1) is 0 Å². The Labute approximate surface area is 325 Å². The normalized spacial score (nSPS) is 12.8. The van der Waals surface area contributed by atoms with Crippen molar-refractivity contribution in [3.8, 4) is 0 Å². The number of benzene rings is 3. The van der Waals surface area contributed by atoms with E-state index in [0.29, 0.717) is 23.7 Å². The second-order valence-corrected chi connectivity index (χ2v) is 26.9. The van der Waals surface area contributed by atoms with Crippen molar-refractivity contribution < 1.29 is 30.6 Å². The van der Waals surface area contributed by atoms with Crippen LogP contribution in [-0.4, -0.2) is 29.4 Å². The van der Waals surface area contributed by atoms with Crippen molar-refractivity contribution in [3.63, 3.8) is 0 Å². The first-order valence-corrected chi connectivity index (χ1v) is 25.6. The van der Waals surface area contributed by atoms with Crippen molar-refractivity contribution in [1.29, 1.82) is 0 Å². The summed E-state index contributed by atoms with van der Waals surface area (Å²) in [5.74, 6) is 1.59. The fraction of sp³-hybridized carbons (Fsp3) is 0.535. The molecule has 0 aromatic heterocycles. The number of para-hydroxylation sites is 2. The van der Waals surface area contributed by atoms with Gasteiger partial charge in [-0.2, -0.15) is 6.17 Å². The molecule has 0 N–H and O–H groups in total. The van der Waals surface area contributed by atoms with Gasteiger partial charge in [0, 0.05) is 39.1 Å². The smallest absolute Gasteiger partial charge is 0.0466 e. The summed E-state index contributed by atoms with van der Waals surface area (Å²) in [6, 6.07) is 23.8. The second-order valence-electron chi connectivity index (χ2n) is 16.7. The van der Waals surface area contributed by atoms with Crippen LogP contribution in [0.15, 0.2) is 66.7 Å². The number of hydrogen-bond acceptors (Lipinski definition) is 1. The third-order valence-electron chi connectivity index (χ3n) is 7.11. The third-order valence-corrected chi connectivity index (χ3v) is 7.11. The molecule has 1 radical (unpaired) electrons. The maximum absolute atomic E-state index is 5.40. The predicted molar refractivity (Wildman–Crippen MR) is 222 cm³/mol. The van der Waals surface area contributed by atoms with Crippen LogP contribution in [0, 0.1) is 13.1 Å². The van der Waals surface area contributed by atoms with Crippen molar-refractivity contribution in [3.05, 3.63) is 118 Å². The zero-order chi connectivity index (χ0) is 36.7. The maximum Gasteiger partial charge on any atom is 0.0466 e. The van der Waals surface area contributed by atoms with Gasteiger partial charge in [0.2, 0.25) is 0 Å². The van der Waals surface area contributed by atoms with Gasteiger partial charge >= 0.3 is 0 Å². The van der Waals surface area contributed by atoms with Gasteiger partial charge in [-0.05, 0) is 36.5 Å². The van der Waals surface area contributed by atoms with E-state index < -0.39 is 16.1 Å². The van der Waals surface area contributed by atoms with Crippen LogP contribution in [0.25, 0.3) is 10.6 Å². The van der Waals surface area contributed by atoms with Crippen LogP contribution in [-0.2, 0) is 30.6 Å². The average molecular weight is 732 g/mol. The molecule has 0 amide bonds. The van der Waals surface area contributed by atoms with E-state index in [0.717, 1.165) is 30.2 Å². The summed E-state index contributed by atoms with van der Waals surface area (Å²) < 4.78 is 4.94. The molecule has 0 aliphatic carbocycles. The Hall–Kier alpha value is -1.48. The number of rotatable bonds is 9. The van der Waals surface area contributed by atoms with Gasteiger partial charge in [-0.1, -0.05) is 189 Å². The van der Waals surface area contributed by atoms with E-state index in [1.807, 2.05) is 0 Å². The Kier molecular flexibility index (Phi) is 22.5. The van der Waals surface area contributed by atoms with Crippen LogP contribution in [0.5, 0.6) is 0 Å². The van der Waals surface area contributed by atoms with E-state index in [4.69, 9.17) is 15.4 Å². The van der Waals surface area contributed by atoms with E-state index in [9.17, 15) is 0 Å². The average Bonchev–Trinajstić information content (AvgIpc) is 3.56. The molecular formula is C43H70N2OScSi2-4. The molecule has 0 unspecified atom stereocenters. The predicted octanol–water partition coefficient (Wildman–Crippen LogP) is 14.8. The molecule has 6 heteroatoms. The van der Waals surface area contributed by atoms with Crippen LogP contribution in [0.4, 0.5) is 11.4 Å². The van der Waals surface area contributed by atoms with Gasteiger partial charge in [-0.3, -0.25) is 0 Å². The minimum atomic E-state index is -0.861.